The summed E-state index contributed by atoms with van der Waals surface area (Å²) in [5, 5.41) is 2.27. The van der Waals surface area contributed by atoms with Crippen LogP contribution in [0.1, 0.15) is 25.0 Å². The van der Waals surface area contributed by atoms with E-state index in [4.69, 9.17) is 4.42 Å². The summed E-state index contributed by atoms with van der Waals surface area (Å²) in [6.07, 6.45) is 0. The van der Waals surface area contributed by atoms with Crippen molar-refractivity contribution in [3.63, 3.8) is 0 Å². The SMILES string of the molecule is CC1(C)c2ccccc2-c2ccc(-c3ccc(N(c4ccc(-c5ccc(-c6ccccc6)cc5)cc4)c4ccc(-c5cccc6c5oc5ccccc56)cc4)cc3)cc21. The lowest BCUT2D eigenvalue weighted by Crippen LogP contribution is -2.14. The van der Waals surface area contributed by atoms with Crippen molar-refractivity contribution in [3.05, 3.63) is 223 Å². The highest BCUT2D eigenvalue weighted by Gasteiger charge is 2.35. The van der Waals surface area contributed by atoms with E-state index in [1.165, 1.54) is 55.6 Å². The van der Waals surface area contributed by atoms with Gasteiger partial charge in [-0.05, 0) is 110 Å². The molecule has 1 aliphatic rings. The zero-order valence-corrected chi connectivity index (χ0v) is 33.1. The number of benzene rings is 9. The zero-order chi connectivity index (χ0) is 39.5. The Morgan fingerprint density at radius 1 is 0.339 bits per heavy atom. The molecule has 0 bridgehead atoms. The first-order valence-electron chi connectivity index (χ1n) is 20.4. The minimum absolute atomic E-state index is 0.0448. The minimum atomic E-state index is -0.0448. The molecule has 0 spiro atoms. The van der Waals surface area contributed by atoms with Gasteiger partial charge in [0.1, 0.15) is 11.2 Å². The second-order valence-electron chi connectivity index (χ2n) is 16.1. The normalized spacial score (nSPS) is 12.7. The molecule has 0 saturated heterocycles. The highest BCUT2D eigenvalue weighted by atomic mass is 16.3. The minimum Gasteiger partial charge on any atom is -0.455 e. The molecule has 1 aliphatic carbocycles. The first kappa shape index (κ1) is 34.8. The number of anilines is 3. The maximum atomic E-state index is 6.42. The van der Waals surface area contributed by atoms with Gasteiger partial charge in [-0.25, -0.2) is 0 Å². The third-order valence-electron chi connectivity index (χ3n) is 12.3. The quantitative estimate of drug-likeness (QED) is 0.161. The Morgan fingerprint density at radius 3 is 1.46 bits per heavy atom. The van der Waals surface area contributed by atoms with E-state index in [1.807, 2.05) is 12.1 Å². The summed E-state index contributed by atoms with van der Waals surface area (Å²) in [4.78, 5) is 2.35. The number of hydrogen-bond donors (Lipinski definition) is 0. The van der Waals surface area contributed by atoms with Gasteiger partial charge in [0.2, 0.25) is 0 Å². The number of furan rings is 1. The average molecular weight is 756 g/mol. The molecule has 10 aromatic rings. The van der Waals surface area contributed by atoms with Crippen molar-refractivity contribution in [1.82, 2.24) is 0 Å². The Balaban J connectivity index is 0.953. The van der Waals surface area contributed by atoms with Gasteiger partial charge in [0.05, 0.1) is 0 Å². The van der Waals surface area contributed by atoms with Crippen LogP contribution in [-0.4, -0.2) is 0 Å². The van der Waals surface area contributed by atoms with Crippen molar-refractivity contribution in [2.24, 2.45) is 0 Å². The fourth-order valence-corrected chi connectivity index (χ4v) is 9.19. The number of nitrogens with zero attached hydrogens (tertiary/aromatic N) is 1. The predicted molar refractivity (Wildman–Crippen MR) is 248 cm³/mol. The summed E-state index contributed by atoms with van der Waals surface area (Å²) in [5.74, 6) is 0. The third kappa shape index (κ3) is 5.96. The summed E-state index contributed by atoms with van der Waals surface area (Å²) in [6.45, 7) is 4.69. The van der Waals surface area contributed by atoms with Crippen molar-refractivity contribution < 1.29 is 4.42 Å². The van der Waals surface area contributed by atoms with Crippen LogP contribution < -0.4 is 4.90 Å². The van der Waals surface area contributed by atoms with Crippen LogP contribution in [0.25, 0.3) is 77.6 Å². The Labute approximate surface area is 345 Å². The van der Waals surface area contributed by atoms with Crippen LogP contribution in [0.2, 0.25) is 0 Å². The molecule has 0 unspecified atom stereocenters. The summed E-state index contributed by atoms with van der Waals surface area (Å²) in [5.41, 5.74) is 20.0. The molecule has 0 N–H and O–H groups in total. The fourth-order valence-electron chi connectivity index (χ4n) is 9.19. The number of para-hydroxylation sites is 2. The Hall–Kier alpha value is -7.42. The molecule has 9 aromatic carbocycles. The van der Waals surface area contributed by atoms with E-state index in [0.29, 0.717) is 0 Å². The van der Waals surface area contributed by atoms with E-state index in [-0.39, 0.29) is 5.41 Å². The molecule has 0 amide bonds. The van der Waals surface area contributed by atoms with Crippen molar-refractivity contribution in [3.8, 4) is 55.6 Å². The number of hydrogen-bond acceptors (Lipinski definition) is 2. The summed E-state index contributed by atoms with van der Waals surface area (Å²) < 4.78 is 6.42. The highest BCUT2D eigenvalue weighted by Crippen LogP contribution is 2.50. The van der Waals surface area contributed by atoms with E-state index in [1.54, 1.807) is 0 Å². The molecule has 0 atom stereocenters. The molecule has 0 aliphatic heterocycles. The molecular weight excluding hydrogens is 715 g/mol. The molecule has 2 heteroatoms. The van der Waals surface area contributed by atoms with E-state index in [9.17, 15) is 0 Å². The number of rotatable bonds is 7. The van der Waals surface area contributed by atoms with Gasteiger partial charge in [-0.15, -0.1) is 0 Å². The van der Waals surface area contributed by atoms with Gasteiger partial charge < -0.3 is 9.32 Å². The predicted octanol–water partition coefficient (Wildman–Crippen LogP) is 16.0. The third-order valence-corrected chi connectivity index (χ3v) is 12.3. The van der Waals surface area contributed by atoms with Crippen LogP contribution >= 0.6 is 0 Å². The smallest absolute Gasteiger partial charge is 0.143 e. The molecule has 59 heavy (non-hydrogen) atoms. The lowest BCUT2D eigenvalue weighted by atomic mass is 9.81. The van der Waals surface area contributed by atoms with Crippen LogP contribution in [0.4, 0.5) is 17.1 Å². The average Bonchev–Trinajstić information content (AvgIpc) is 3.79. The zero-order valence-electron chi connectivity index (χ0n) is 33.1. The lowest BCUT2D eigenvalue weighted by molar-refractivity contribution is 0.660. The molecule has 280 valence electrons. The monoisotopic (exact) mass is 755 g/mol. The largest absolute Gasteiger partial charge is 0.455 e. The maximum absolute atomic E-state index is 6.42. The first-order valence-corrected chi connectivity index (χ1v) is 20.4. The molecule has 11 rings (SSSR count). The maximum Gasteiger partial charge on any atom is 0.143 e. The van der Waals surface area contributed by atoms with Crippen LogP contribution in [0.3, 0.4) is 0 Å². The summed E-state index contributed by atoms with van der Waals surface area (Å²) in [6, 6.07) is 76.7. The van der Waals surface area contributed by atoms with Crippen LogP contribution in [0, 0.1) is 0 Å². The molecule has 1 heterocycles. The van der Waals surface area contributed by atoms with Gasteiger partial charge in [0, 0.05) is 38.8 Å². The molecular formula is C57H41NO. The second-order valence-corrected chi connectivity index (χ2v) is 16.1. The van der Waals surface area contributed by atoms with Crippen molar-refractivity contribution in [2.45, 2.75) is 19.3 Å². The Kier molecular flexibility index (Phi) is 8.20. The highest BCUT2D eigenvalue weighted by molar-refractivity contribution is 6.09. The van der Waals surface area contributed by atoms with E-state index >= 15 is 0 Å². The second kappa shape index (κ2) is 13.9. The van der Waals surface area contributed by atoms with Crippen molar-refractivity contribution in [1.29, 1.82) is 0 Å². The fraction of sp³-hybridized carbons (Fsp3) is 0.0526. The molecule has 0 fully saturated rings. The Morgan fingerprint density at radius 2 is 0.797 bits per heavy atom. The lowest BCUT2D eigenvalue weighted by Gasteiger charge is -2.26. The number of fused-ring (bicyclic) bond motifs is 6. The molecule has 2 nitrogen and oxygen atoms in total. The van der Waals surface area contributed by atoms with Gasteiger partial charge in [0.15, 0.2) is 0 Å². The van der Waals surface area contributed by atoms with Gasteiger partial charge >= 0.3 is 0 Å². The summed E-state index contributed by atoms with van der Waals surface area (Å²) in [7, 11) is 0. The topological polar surface area (TPSA) is 16.4 Å². The van der Waals surface area contributed by atoms with Gasteiger partial charge in [-0.3, -0.25) is 0 Å². The van der Waals surface area contributed by atoms with Gasteiger partial charge in [-0.1, -0.05) is 178 Å². The molecule has 0 radical (unpaired) electrons. The van der Waals surface area contributed by atoms with Gasteiger partial charge in [0.25, 0.3) is 0 Å². The van der Waals surface area contributed by atoms with Crippen LogP contribution in [0.5, 0.6) is 0 Å². The first-order chi connectivity index (χ1) is 29.0. The molecule has 1 aromatic heterocycles. The Bertz CT molecular complexity index is 3140. The standard InChI is InChI=1S/C57H41NO/c1-57(2)53-17-8-6-13-49(53)50-36-29-44(37-54(50)57)42-25-32-46(33-26-42)58(45-30-23-41(24-31-45)40-21-19-39(20-22-40)38-11-4-3-5-12-38)47-34-27-43(28-35-47)48-15-10-16-52-51-14-7-9-18-55(51)59-56(48)52/h3-37H,1-2H3. The van der Waals surface area contributed by atoms with Crippen LogP contribution in [-0.2, 0) is 5.41 Å². The summed E-state index contributed by atoms with van der Waals surface area (Å²) >= 11 is 0. The van der Waals surface area contributed by atoms with E-state index in [2.05, 4.69) is 219 Å². The van der Waals surface area contributed by atoms with Gasteiger partial charge in [-0.2, -0.15) is 0 Å². The molecule has 0 saturated carbocycles. The van der Waals surface area contributed by atoms with Crippen LogP contribution in [0.15, 0.2) is 217 Å². The van der Waals surface area contributed by atoms with Crippen molar-refractivity contribution >= 4 is 39.0 Å². The van der Waals surface area contributed by atoms with Crippen molar-refractivity contribution in [2.75, 3.05) is 4.90 Å². The van der Waals surface area contributed by atoms with E-state index < -0.39 is 0 Å². The van der Waals surface area contributed by atoms with E-state index in [0.717, 1.165) is 50.1 Å².